The van der Waals surface area contributed by atoms with Gasteiger partial charge in [-0.2, -0.15) is 0 Å². The van der Waals surface area contributed by atoms with E-state index in [0.717, 1.165) is 17.0 Å². The van der Waals surface area contributed by atoms with E-state index in [4.69, 9.17) is 4.74 Å². The fourth-order valence-corrected chi connectivity index (χ4v) is 2.43. The first kappa shape index (κ1) is 21.9. The van der Waals surface area contributed by atoms with Crippen LogP contribution in [0.4, 0.5) is 10.5 Å². The number of rotatable bonds is 7. The predicted molar refractivity (Wildman–Crippen MR) is 106 cm³/mol. The van der Waals surface area contributed by atoms with Gasteiger partial charge in [-0.3, -0.25) is 9.79 Å². The summed E-state index contributed by atoms with van der Waals surface area (Å²) in [5.74, 6) is 0.591. The molecule has 26 heavy (non-hydrogen) atoms. The molecule has 0 aliphatic carbocycles. The first-order valence-corrected chi connectivity index (χ1v) is 9.05. The molecule has 0 atom stereocenters. The van der Waals surface area contributed by atoms with Crippen molar-refractivity contribution in [2.24, 2.45) is 10.9 Å². The Bertz CT molecular complexity index is 640. The summed E-state index contributed by atoms with van der Waals surface area (Å²) >= 11 is 0. The fourth-order valence-electron chi connectivity index (χ4n) is 2.43. The van der Waals surface area contributed by atoms with Crippen LogP contribution in [-0.2, 0) is 16.1 Å². The number of aliphatic imine (C=N–C) groups is 1. The molecule has 5 heteroatoms. The summed E-state index contributed by atoms with van der Waals surface area (Å²) < 4.78 is 5.35. The van der Waals surface area contributed by atoms with Gasteiger partial charge in [0.05, 0.1) is 5.69 Å². The van der Waals surface area contributed by atoms with Crippen LogP contribution in [0.5, 0.6) is 0 Å². The molecular formula is C21H32N2O3. The SMILES string of the molecule is CC(CC(=O)CC(C)C)=Nc1ccc(CN(C)C(=O)OC(C)(C)C)cc1. The van der Waals surface area contributed by atoms with Gasteiger partial charge in [0.1, 0.15) is 11.4 Å². The number of hydrogen-bond acceptors (Lipinski definition) is 4. The van der Waals surface area contributed by atoms with Crippen LogP contribution in [-0.4, -0.2) is 35.1 Å². The van der Waals surface area contributed by atoms with Crippen molar-refractivity contribution >= 4 is 23.3 Å². The van der Waals surface area contributed by atoms with Gasteiger partial charge >= 0.3 is 6.09 Å². The molecule has 0 heterocycles. The molecule has 0 aromatic heterocycles. The highest BCUT2D eigenvalue weighted by Gasteiger charge is 2.19. The Morgan fingerprint density at radius 3 is 2.23 bits per heavy atom. The van der Waals surface area contributed by atoms with Gasteiger partial charge in [0.2, 0.25) is 0 Å². The Morgan fingerprint density at radius 2 is 1.73 bits per heavy atom. The monoisotopic (exact) mass is 360 g/mol. The van der Waals surface area contributed by atoms with E-state index in [2.05, 4.69) is 4.99 Å². The molecule has 0 saturated carbocycles. The second-order valence-electron chi connectivity index (χ2n) is 8.16. The molecule has 1 aromatic rings. The van der Waals surface area contributed by atoms with E-state index in [1.165, 1.54) is 0 Å². The molecule has 0 unspecified atom stereocenters. The van der Waals surface area contributed by atoms with Crippen LogP contribution in [0.1, 0.15) is 59.9 Å². The molecule has 0 bridgehead atoms. The van der Waals surface area contributed by atoms with E-state index < -0.39 is 5.60 Å². The quantitative estimate of drug-likeness (QED) is 0.632. The largest absolute Gasteiger partial charge is 0.444 e. The van der Waals surface area contributed by atoms with E-state index in [9.17, 15) is 9.59 Å². The summed E-state index contributed by atoms with van der Waals surface area (Å²) in [6.07, 6.45) is 0.628. The fraction of sp³-hybridized carbons (Fsp3) is 0.571. The molecule has 0 aliphatic heterocycles. The minimum Gasteiger partial charge on any atom is -0.444 e. The second-order valence-corrected chi connectivity index (χ2v) is 8.16. The lowest BCUT2D eigenvalue weighted by Crippen LogP contribution is -2.33. The van der Waals surface area contributed by atoms with Crippen LogP contribution in [0, 0.1) is 5.92 Å². The first-order chi connectivity index (χ1) is 12.0. The van der Waals surface area contributed by atoms with E-state index in [0.29, 0.717) is 25.3 Å². The predicted octanol–water partition coefficient (Wildman–Crippen LogP) is 5.15. The number of ketones is 1. The number of Topliss-reactive ketones (excluding diaryl/α,β-unsaturated/α-hetero) is 1. The topological polar surface area (TPSA) is 59.0 Å². The second kappa shape index (κ2) is 9.51. The van der Waals surface area contributed by atoms with Gasteiger partial charge < -0.3 is 9.64 Å². The molecule has 0 spiro atoms. The van der Waals surface area contributed by atoms with Gasteiger partial charge in [0.25, 0.3) is 0 Å². The van der Waals surface area contributed by atoms with Crippen molar-refractivity contribution < 1.29 is 14.3 Å². The van der Waals surface area contributed by atoms with Crippen LogP contribution >= 0.6 is 0 Å². The average Bonchev–Trinajstić information content (AvgIpc) is 2.46. The Hall–Kier alpha value is -2.17. The van der Waals surface area contributed by atoms with Gasteiger partial charge in [-0.25, -0.2) is 4.79 Å². The van der Waals surface area contributed by atoms with Crippen LogP contribution in [0.25, 0.3) is 0 Å². The third-order valence-electron chi connectivity index (χ3n) is 3.47. The number of benzene rings is 1. The summed E-state index contributed by atoms with van der Waals surface area (Å²) in [4.78, 5) is 29.9. The highest BCUT2D eigenvalue weighted by molar-refractivity contribution is 6.01. The molecule has 1 amide bonds. The standard InChI is InChI=1S/C21H32N2O3/c1-15(2)12-19(24)13-16(3)22-18-10-8-17(9-11-18)14-23(7)20(25)26-21(4,5)6/h8-11,15H,12-14H2,1-7H3. The summed E-state index contributed by atoms with van der Waals surface area (Å²) in [6.45, 7) is 12.0. The third-order valence-corrected chi connectivity index (χ3v) is 3.47. The van der Waals surface area contributed by atoms with Gasteiger partial charge in [-0.1, -0.05) is 26.0 Å². The maximum Gasteiger partial charge on any atom is 0.410 e. The lowest BCUT2D eigenvalue weighted by atomic mass is 10.0. The number of ether oxygens (including phenoxy) is 1. The molecule has 0 saturated heterocycles. The molecule has 5 nitrogen and oxygen atoms in total. The number of carbonyl (C=O) groups is 2. The van der Waals surface area contributed by atoms with Crippen molar-refractivity contribution in [2.45, 2.75) is 66.5 Å². The van der Waals surface area contributed by atoms with Gasteiger partial charge in [-0.15, -0.1) is 0 Å². The normalized spacial score (nSPS) is 12.2. The zero-order chi connectivity index (χ0) is 19.9. The number of nitrogens with zero attached hydrogens (tertiary/aromatic N) is 2. The molecule has 0 aliphatic rings. The van der Waals surface area contributed by atoms with E-state index >= 15 is 0 Å². The van der Waals surface area contributed by atoms with Crippen molar-refractivity contribution in [1.29, 1.82) is 0 Å². The molecular weight excluding hydrogens is 328 g/mol. The molecule has 0 N–H and O–H groups in total. The number of amides is 1. The Kier molecular flexibility index (Phi) is 8.00. The van der Waals surface area contributed by atoms with Gasteiger partial charge in [0, 0.05) is 32.1 Å². The van der Waals surface area contributed by atoms with Crippen LogP contribution in [0.3, 0.4) is 0 Å². The molecule has 1 rings (SSSR count). The van der Waals surface area contributed by atoms with Gasteiger partial charge in [0.15, 0.2) is 0 Å². The molecule has 0 fully saturated rings. The maximum atomic E-state index is 12.0. The lowest BCUT2D eigenvalue weighted by Gasteiger charge is -2.24. The molecule has 144 valence electrons. The van der Waals surface area contributed by atoms with Crippen molar-refractivity contribution in [3.63, 3.8) is 0 Å². The highest BCUT2D eigenvalue weighted by Crippen LogP contribution is 2.17. The van der Waals surface area contributed by atoms with Crippen molar-refractivity contribution in [1.82, 2.24) is 4.90 Å². The lowest BCUT2D eigenvalue weighted by molar-refractivity contribution is -0.118. The van der Waals surface area contributed by atoms with Crippen LogP contribution in [0.15, 0.2) is 29.3 Å². The van der Waals surface area contributed by atoms with Crippen LogP contribution in [0.2, 0.25) is 0 Å². The third kappa shape index (κ3) is 8.79. The zero-order valence-electron chi connectivity index (χ0n) is 17.1. The van der Waals surface area contributed by atoms with E-state index in [-0.39, 0.29) is 11.9 Å². The summed E-state index contributed by atoms with van der Waals surface area (Å²) in [7, 11) is 1.71. The van der Waals surface area contributed by atoms with Crippen LogP contribution < -0.4 is 0 Å². The minimum atomic E-state index is -0.506. The summed E-state index contributed by atoms with van der Waals surface area (Å²) in [6, 6.07) is 7.66. The number of hydrogen-bond donors (Lipinski definition) is 0. The number of carbonyl (C=O) groups excluding carboxylic acids is 2. The molecule has 1 aromatic carbocycles. The van der Waals surface area contributed by atoms with Gasteiger partial charge in [-0.05, 0) is 51.3 Å². The summed E-state index contributed by atoms with van der Waals surface area (Å²) in [5, 5.41) is 0. The zero-order valence-corrected chi connectivity index (χ0v) is 17.1. The maximum absolute atomic E-state index is 12.0. The Balaban J connectivity index is 2.64. The van der Waals surface area contributed by atoms with Crippen molar-refractivity contribution in [3.8, 4) is 0 Å². The molecule has 0 radical (unpaired) electrons. The van der Waals surface area contributed by atoms with Crippen molar-refractivity contribution in [2.75, 3.05) is 7.05 Å². The highest BCUT2D eigenvalue weighted by atomic mass is 16.6. The Labute approximate surface area is 157 Å². The first-order valence-electron chi connectivity index (χ1n) is 9.05. The smallest absolute Gasteiger partial charge is 0.410 e. The van der Waals surface area contributed by atoms with Crippen molar-refractivity contribution in [3.05, 3.63) is 29.8 Å². The van der Waals surface area contributed by atoms with E-state index in [1.807, 2.05) is 65.8 Å². The summed E-state index contributed by atoms with van der Waals surface area (Å²) in [5.41, 5.74) is 2.11. The minimum absolute atomic E-state index is 0.219. The Morgan fingerprint density at radius 1 is 1.15 bits per heavy atom. The average molecular weight is 360 g/mol. The van der Waals surface area contributed by atoms with E-state index in [1.54, 1.807) is 11.9 Å².